The van der Waals surface area contributed by atoms with Crippen molar-refractivity contribution in [3.8, 4) is 0 Å². The average molecular weight is 161 g/mol. The molecule has 0 aliphatic carbocycles. The predicted octanol–water partition coefficient (Wildman–Crippen LogP) is -0.491. The molecule has 64 valence electrons. The van der Waals surface area contributed by atoms with Gasteiger partial charge in [-0.3, -0.25) is 9.59 Å². The van der Waals surface area contributed by atoms with E-state index in [9.17, 15) is 9.59 Å². The van der Waals surface area contributed by atoms with Crippen LogP contribution in [0.2, 0.25) is 0 Å². The Hall–Kier alpha value is -1.10. The lowest BCUT2D eigenvalue weighted by Gasteiger charge is -2.13. The number of rotatable bonds is 4. The zero-order valence-electron chi connectivity index (χ0n) is 6.15. The second-order valence-electron chi connectivity index (χ2n) is 2.22. The molecule has 5 nitrogen and oxygen atoms in total. The summed E-state index contributed by atoms with van der Waals surface area (Å²) in [7, 11) is 0. The minimum absolute atomic E-state index is 0.225. The normalized spacial score (nSPS) is 15.5. The summed E-state index contributed by atoms with van der Waals surface area (Å²) in [5.74, 6) is -3.44. The number of carbonyl (C=O) groups is 2. The molecule has 2 atom stereocenters. The Morgan fingerprint density at radius 3 is 1.91 bits per heavy atom. The van der Waals surface area contributed by atoms with Gasteiger partial charge in [-0.2, -0.15) is 0 Å². The standard InChI is InChI=1S/C6H11NO4/c1-2-3(5(8)9)4(7)6(10)11/h3-4H,2,7H2,1H3,(H,8,9)(H,10,11)/t3-,4-/m1/s1. The van der Waals surface area contributed by atoms with E-state index in [0.29, 0.717) is 0 Å². The third kappa shape index (κ3) is 2.55. The Morgan fingerprint density at radius 1 is 1.36 bits per heavy atom. The van der Waals surface area contributed by atoms with E-state index in [-0.39, 0.29) is 6.42 Å². The third-order valence-corrected chi connectivity index (χ3v) is 1.48. The summed E-state index contributed by atoms with van der Waals surface area (Å²) in [6, 6.07) is -1.31. The Balaban J connectivity index is 4.25. The zero-order valence-corrected chi connectivity index (χ0v) is 6.15. The molecular weight excluding hydrogens is 150 g/mol. The van der Waals surface area contributed by atoms with Crippen molar-refractivity contribution in [1.82, 2.24) is 0 Å². The van der Waals surface area contributed by atoms with Crippen LogP contribution in [0, 0.1) is 5.92 Å². The molecule has 0 saturated carbocycles. The molecule has 0 aliphatic rings. The molecule has 5 heteroatoms. The van der Waals surface area contributed by atoms with Crippen molar-refractivity contribution in [2.75, 3.05) is 0 Å². The van der Waals surface area contributed by atoms with Gasteiger partial charge in [-0.1, -0.05) is 6.92 Å². The van der Waals surface area contributed by atoms with Gasteiger partial charge >= 0.3 is 11.9 Å². The number of carboxylic acid groups (broad SMARTS) is 2. The van der Waals surface area contributed by atoms with Crippen LogP contribution in [0.1, 0.15) is 13.3 Å². The number of aliphatic carboxylic acids is 2. The summed E-state index contributed by atoms with van der Waals surface area (Å²) in [4.78, 5) is 20.5. The minimum Gasteiger partial charge on any atom is -0.481 e. The molecule has 0 rings (SSSR count). The molecule has 0 radical (unpaired) electrons. The summed E-state index contributed by atoms with van der Waals surface area (Å²) in [5.41, 5.74) is 5.09. The van der Waals surface area contributed by atoms with Crippen molar-refractivity contribution in [3.63, 3.8) is 0 Å². The second-order valence-corrected chi connectivity index (χ2v) is 2.22. The highest BCUT2D eigenvalue weighted by Crippen LogP contribution is 2.06. The fourth-order valence-corrected chi connectivity index (χ4v) is 0.754. The van der Waals surface area contributed by atoms with Gasteiger partial charge in [-0.25, -0.2) is 0 Å². The van der Waals surface area contributed by atoms with E-state index in [4.69, 9.17) is 15.9 Å². The second kappa shape index (κ2) is 3.92. The zero-order chi connectivity index (χ0) is 9.02. The van der Waals surface area contributed by atoms with E-state index in [1.165, 1.54) is 0 Å². The molecule has 0 fully saturated rings. The predicted molar refractivity (Wildman–Crippen MR) is 37.0 cm³/mol. The Labute approximate surface area is 63.8 Å². The molecule has 0 bridgehead atoms. The molecule has 0 aliphatic heterocycles. The topological polar surface area (TPSA) is 101 Å². The Bertz CT molecular complexity index is 168. The lowest BCUT2D eigenvalue weighted by Crippen LogP contribution is -2.41. The van der Waals surface area contributed by atoms with Gasteiger partial charge in [0.25, 0.3) is 0 Å². The van der Waals surface area contributed by atoms with E-state index < -0.39 is 23.9 Å². The van der Waals surface area contributed by atoms with Gasteiger partial charge < -0.3 is 15.9 Å². The van der Waals surface area contributed by atoms with Crippen molar-refractivity contribution in [2.24, 2.45) is 11.7 Å². The van der Waals surface area contributed by atoms with Gasteiger partial charge in [-0.15, -0.1) is 0 Å². The van der Waals surface area contributed by atoms with Crippen LogP contribution in [-0.4, -0.2) is 28.2 Å². The summed E-state index contributed by atoms with van der Waals surface area (Å²) in [6.45, 7) is 1.58. The number of nitrogens with two attached hydrogens (primary N) is 1. The Kier molecular flexibility index (Phi) is 3.53. The first kappa shape index (κ1) is 9.90. The van der Waals surface area contributed by atoms with Crippen LogP contribution in [-0.2, 0) is 9.59 Å². The van der Waals surface area contributed by atoms with E-state index >= 15 is 0 Å². The largest absolute Gasteiger partial charge is 0.481 e. The van der Waals surface area contributed by atoms with Gasteiger partial charge in [0.2, 0.25) is 0 Å². The fraction of sp³-hybridized carbons (Fsp3) is 0.667. The van der Waals surface area contributed by atoms with Gasteiger partial charge in [0.1, 0.15) is 6.04 Å². The van der Waals surface area contributed by atoms with Gasteiger partial charge in [-0.05, 0) is 6.42 Å². The van der Waals surface area contributed by atoms with Crippen molar-refractivity contribution in [2.45, 2.75) is 19.4 Å². The van der Waals surface area contributed by atoms with Gasteiger partial charge in [0, 0.05) is 0 Å². The van der Waals surface area contributed by atoms with Crippen LogP contribution in [0.25, 0.3) is 0 Å². The van der Waals surface area contributed by atoms with Crippen molar-refractivity contribution in [1.29, 1.82) is 0 Å². The van der Waals surface area contributed by atoms with Crippen LogP contribution >= 0.6 is 0 Å². The molecule has 0 saturated heterocycles. The monoisotopic (exact) mass is 161 g/mol. The molecule has 0 aromatic rings. The molecule has 0 spiro atoms. The first-order chi connectivity index (χ1) is 5.00. The third-order valence-electron chi connectivity index (χ3n) is 1.48. The quantitative estimate of drug-likeness (QED) is 0.516. The SMILES string of the molecule is CC[C@@H](C(=O)O)[C@@H](N)C(=O)O. The maximum Gasteiger partial charge on any atom is 0.321 e. The lowest BCUT2D eigenvalue weighted by atomic mass is 9.98. The highest BCUT2D eigenvalue weighted by molar-refractivity contribution is 5.82. The van der Waals surface area contributed by atoms with Gasteiger partial charge in [0.15, 0.2) is 0 Å². The summed E-state index contributed by atoms with van der Waals surface area (Å²) < 4.78 is 0. The fourth-order valence-electron chi connectivity index (χ4n) is 0.754. The smallest absolute Gasteiger partial charge is 0.321 e. The molecule has 0 heterocycles. The highest BCUT2D eigenvalue weighted by atomic mass is 16.4. The van der Waals surface area contributed by atoms with Crippen molar-refractivity contribution >= 4 is 11.9 Å². The first-order valence-corrected chi connectivity index (χ1v) is 3.21. The first-order valence-electron chi connectivity index (χ1n) is 3.21. The number of hydrogen-bond donors (Lipinski definition) is 3. The number of hydrogen-bond acceptors (Lipinski definition) is 3. The van der Waals surface area contributed by atoms with E-state index in [2.05, 4.69) is 0 Å². The van der Waals surface area contributed by atoms with Crippen LogP contribution < -0.4 is 5.73 Å². The highest BCUT2D eigenvalue weighted by Gasteiger charge is 2.28. The maximum absolute atomic E-state index is 10.3. The van der Waals surface area contributed by atoms with Gasteiger partial charge in [0.05, 0.1) is 5.92 Å². The molecule has 4 N–H and O–H groups in total. The summed E-state index contributed by atoms with van der Waals surface area (Å²) in [5, 5.41) is 16.8. The van der Waals surface area contributed by atoms with E-state index in [1.807, 2.05) is 0 Å². The minimum atomic E-state index is -1.31. The van der Waals surface area contributed by atoms with Crippen LogP contribution in [0.3, 0.4) is 0 Å². The lowest BCUT2D eigenvalue weighted by molar-refractivity contribution is -0.150. The average Bonchev–Trinajstić information content (AvgIpc) is 1.88. The van der Waals surface area contributed by atoms with Crippen LogP contribution in [0.4, 0.5) is 0 Å². The summed E-state index contributed by atoms with van der Waals surface area (Å²) in [6.07, 6.45) is 0.225. The van der Waals surface area contributed by atoms with Crippen LogP contribution in [0.5, 0.6) is 0 Å². The van der Waals surface area contributed by atoms with Crippen LogP contribution in [0.15, 0.2) is 0 Å². The van der Waals surface area contributed by atoms with E-state index in [0.717, 1.165) is 0 Å². The molecule has 0 unspecified atom stereocenters. The van der Waals surface area contributed by atoms with E-state index in [1.54, 1.807) is 6.92 Å². The molecule has 0 aromatic heterocycles. The molecular formula is C6H11NO4. The maximum atomic E-state index is 10.3. The van der Waals surface area contributed by atoms with Crippen molar-refractivity contribution in [3.05, 3.63) is 0 Å². The summed E-state index contributed by atoms with van der Waals surface area (Å²) >= 11 is 0. The molecule has 0 aromatic carbocycles. The number of carboxylic acids is 2. The Morgan fingerprint density at radius 2 is 1.82 bits per heavy atom. The molecule has 11 heavy (non-hydrogen) atoms. The van der Waals surface area contributed by atoms with Crippen molar-refractivity contribution < 1.29 is 19.8 Å². The molecule has 0 amide bonds.